The molecule has 0 bridgehead atoms. The molecule has 0 amide bonds. The van der Waals surface area contributed by atoms with Crippen molar-refractivity contribution >= 4 is 23.2 Å². The topological polar surface area (TPSA) is 74.4 Å². The minimum absolute atomic E-state index is 0.0656. The van der Waals surface area contributed by atoms with Crippen LogP contribution in [-0.2, 0) is 11.4 Å². The van der Waals surface area contributed by atoms with Crippen LogP contribution in [0.15, 0.2) is 96.0 Å². The molecule has 6 nitrogen and oxygen atoms in total. The monoisotopic (exact) mass is 470 g/mol. The number of aromatic nitrogens is 1. The van der Waals surface area contributed by atoms with Crippen molar-refractivity contribution < 1.29 is 14.5 Å². The highest BCUT2D eigenvalue weighted by atomic mass is 32.2. The zero-order chi connectivity index (χ0) is 23.7. The van der Waals surface area contributed by atoms with Crippen molar-refractivity contribution in [2.75, 3.05) is 0 Å². The number of fused-ring (bicyclic) bond motifs is 3. The number of nitro benzene ring substituents is 1. The highest BCUT2D eigenvalue weighted by Crippen LogP contribution is 2.41. The zero-order valence-corrected chi connectivity index (χ0v) is 19.3. The van der Waals surface area contributed by atoms with Gasteiger partial charge >= 0.3 is 0 Å². The Kier molecular flexibility index (Phi) is 5.71. The highest BCUT2D eigenvalue weighted by molar-refractivity contribution is 7.98. The van der Waals surface area contributed by atoms with E-state index in [-0.39, 0.29) is 11.5 Å². The largest absolute Gasteiger partial charge is 0.472 e. The molecular weight excluding hydrogens is 448 g/mol. The fourth-order valence-electron chi connectivity index (χ4n) is 4.29. The summed E-state index contributed by atoms with van der Waals surface area (Å²) in [6.07, 6.45) is 2.38. The first-order valence-electron chi connectivity index (χ1n) is 11.0. The van der Waals surface area contributed by atoms with Gasteiger partial charge in [-0.2, -0.15) is 0 Å². The summed E-state index contributed by atoms with van der Waals surface area (Å²) < 4.78 is 8.40. The normalized spacial score (nSPS) is 16.8. The number of para-hydroxylation sites is 2. The number of ketones is 1. The van der Waals surface area contributed by atoms with Crippen molar-refractivity contribution in [3.63, 3.8) is 0 Å². The second-order valence-corrected chi connectivity index (χ2v) is 9.13. The zero-order valence-electron chi connectivity index (χ0n) is 18.5. The first kappa shape index (κ1) is 22.0. The lowest BCUT2D eigenvalue weighted by atomic mass is 9.84. The number of carbonyl (C=O) groups is 1. The van der Waals surface area contributed by atoms with Gasteiger partial charge in [0.15, 0.2) is 5.60 Å². The van der Waals surface area contributed by atoms with Crippen LogP contribution in [0.1, 0.15) is 35.0 Å². The number of benzene rings is 3. The van der Waals surface area contributed by atoms with E-state index in [4.69, 9.17) is 4.74 Å². The Morgan fingerprint density at radius 1 is 0.971 bits per heavy atom. The Labute approximate surface area is 201 Å². The molecule has 1 aliphatic rings. The fraction of sp³-hybridized carbons (Fsp3) is 0.148. The lowest BCUT2D eigenvalue weighted by Gasteiger charge is -2.31. The molecule has 0 saturated carbocycles. The molecule has 0 N–H and O–H groups in total. The van der Waals surface area contributed by atoms with Gasteiger partial charge in [-0.05, 0) is 48.4 Å². The molecule has 2 heterocycles. The molecule has 1 aliphatic heterocycles. The summed E-state index contributed by atoms with van der Waals surface area (Å²) in [6, 6.07) is 25.9. The summed E-state index contributed by atoms with van der Waals surface area (Å²) in [4.78, 5) is 25.2. The summed E-state index contributed by atoms with van der Waals surface area (Å²) in [5, 5.41) is 10.8. The molecule has 0 saturated heterocycles. The lowest BCUT2D eigenvalue weighted by molar-refractivity contribution is -0.384. The minimum Gasteiger partial charge on any atom is -0.472 e. The Morgan fingerprint density at radius 2 is 1.71 bits per heavy atom. The summed E-state index contributed by atoms with van der Waals surface area (Å²) in [5.74, 6) is 1.31. The first-order chi connectivity index (χ1) is 16.5. The van der Waals surface area contributed by atoms with Gasteiger partial charge in [-0.3, -0.25) is 14.9 Å². The van der Waals surface area contributed by atoms with Crippen LogP contribution in [-0.4, -0.2) is 15.3 Å². The molecule has 1 atom stereocenters. The minimum atomic E-state index is -1.12. The van der Waals surface area contributed by atoms with Gasteiger partial charge < -0.3 is 9.30 Å². The maximum atomic E-state index is 13.8. The molecule has 0 fully saturated rings. The number of hydrogen-bond acceptors (Lipinski definition) is 5. The van der Waals surface area contributed by atoms with Crippen molar-refractivity contribution in [1.82, 2.24) is 4.57 Å². The Balaban J connectivity index is 1.42. The Hall–Kier alpha value is -3.84. The highest BCUT2D eigenvalue weighted by Gasteiger charge is 2.45. The Morgan fingerprint density at radius 3 is 2.41 bits per heavy atom. The van der Waals surface area contributed by atoms with Gasteiger partial charge in [0, 0.05) is 34.5 Å². The maximum Gasteiger partial charge on any atom is 0.269 e. The van der Waals surface area contributed by atoms with Gasteiger partial charge in [-0.1, -0.05) is 43.3 Å². The molecule has 170 valence electrons. The number of carbonyl (C=O) groups excluding carboxylic acids is 1. The molecule has 34 heavy (non-hydrogen) atoms. The average molecular weight is 471 g/mol. The number of nitro groups is 1. The van der Waals surface area contributed by atoms with E-state index in [1.165, 1.54) is 12.1 Å². The molecule has 0 aliphatic carbocycles. The standard InChI is InChI=1S/C27H22N2O4S/c1-2-27(26(30)24-7-5-17-28(24)23-6-3-4-8-25(23)33-27)20-11-9-19(10-12-20)18-34-22-15-13-21(14-16-22)29(31)32/h3-17H,2,18H2,1H3. The molecule has 0 spiro atoms. The van der Waals surface area contributed by atoms with Gasteiger partial charge in [0.2, 0.25) is 5.78 Å². The van der Waals surface area contributed by atoms with E-state index in [9.17, 15) is 14.9 Å². The van der Waals surface area contributed by atoms with Crippen molar-refractivity contribution in [1.29, 1.82) is 0 Å². The lowest BCUT2D eigenvalue weighted by Crippen LogP contribution is -2.41. The van der Waals surface area contributed by atoms with E-state index in [0.717, 1.165) is 21.7 Å². The number of Topliss-reactive ketones (excluding diaryl/α,β-unsaturated/α-hetero) is 1. The van der Waals surface area contributed by atoms with Crippen LogP contribution in [0.2, 0.25) is 0 Å². The molecule has 4 aromatic rings. The summed E-state index contributed by atoms with van der Waals surface area (Å²) in [6.45, 7) is 1.97. The van der Waals surface area contributed by atoms with Crippen LogP contribution < -0.4 is 4.74 Å². The third-order valence-corrected chi connectivity index (χ3v) is 7.21. The van der Waals surface area contributed by atoms with Crippen LogP contribution in [0.25, 0.3) is 5.69 Å². The smallest absolute Gasteiger partial charge is 0.269 e. The van der Waals surface area contributed by atoms with Crippen LogP contribution in [0.3, 0.4) is 0 Å². The average Bonchev–Trinajstić information content (AvgIpc) is 3.33. The Bertz CT molecular complexity index is 1360. The number of non-ortho nitro benzene ring substituents is 1. The fourth-order valence-corrected chi connectivity index (χ4v) is 5.14. The van der Waals surface area contributed by atoms with Gasteiger partial charge in [0.1, 0.15) is 5.75 Å². The molecule has 3 aromatic carbocycles. The second-order valence-electron chi connectivity index (χ2n) is 8.08. The van der Waals surface area contributed by atoms with E-state index in [1.807, 2.05) is 78.4 Å². The summed E-state index contributed by atoms with van der Waals surface area (Å²) in [7, 11) is 0. The molecule has 5 rings (SSSR count). The van der Waals surface area contributed by atoms with Crippen LogP contribution >= 0.6 is 11.8 Å². The van der Waals surface area contributed by atoms with Gasteiger partial charge in [0.05, 0.1) is 16.3 Å². The summed E-state index contributed by atoms with van der Waals surface area (Å²) in [5.41, 5.74) is 2.32. The van der Waals surface area contributed by atoms with Crippen molar-refractivity contribution in [2.45, 2.75) is 29.6 Å². The van der Waals surface area contributed by atoms with Crippen molar-refractivity contribution in [3.05, 3.63) is 118 Å². The molecular formula is C27H22N2O4S. The van der Waals surface area contributed by atoms with Gasteiger partial charge in [-0.15, -0.1) is 11.8 Å². The van der Waals surface area contributed by atoms with Crippen LogP contribution in [0.4, 0.5) is 5.69 Å². The van der Waals surface area contributed by atoms with Crippen LogP contribution in [0, 0.1) is 10.1 Å². The first-order valence-corrected chi connectivity index (χ1v) is 12.0. The van der Waals surface area contributed by atoms with Gasteiger partial charge in [-0.25, -0.2) is 0 Å². The predicted octanol–water partition coefficient (Wildman–Crippen LogP) is 6.56. The molecule has 0 radical (unpaired) electrons. The summed E-state index contributed by atoms with van der Waals surface area (Å²) >= 11 is 1.60. The SMILES string of the molecule is CCC1(c2ccc(CSc3ccc([N+](=O)[O-])cc3)cc2)Oc2ccccc2-n2cccc2C1=O. The number of ether oxygens (including phenoxy) is 1. The van der Waals surface area contributed by atoms with Crippen LogP contribution in [0.5, 0.6) is 5.75 Å². The van der Waals surface area contributed by atoms with E-state index in [2.05, 4.69) is 0 Å². The third kappa shape index (κ3) is 3.78. The van der Waals surface area contributed by atoms with E-state index < -0.39 is 10.5 Å². The number of nitrogens with zero attached hydrogens (tertiary/aromatic N) is 2. The van der Waals surface area contributed by atoms with E-state index in [0.29, 0.717) is 23.6 Å². The second kappa shape index (κ2) is 8.83. The van der Waals surface area contributed by atoms with Crippen molar-refractivity contribution in [2.24, 2.45) is 0 Å². The number of thioether (sulfide) groups is 1. The van der Waals surface area contributed by atoms with Gasteiger partial charge in [0.25, 0.3) is 5.69 Å². The molecule has 1 unspecified atom stereocenters. The predicted molar refractivity (Wildman–Crippen MR) is 132 cm³/mol. The quantitative estimate of drug-likeness (QED) is 0.181. The van der Waals surface area contributed by atoms with E-state index in [1.54, 1.807) is 23.9 Å². The third-order valence-electron chi connectivity index (χ3n) is 6.13. The number of rotatable bonds is 6. The molecule has 1 aromatic heterocycles. The molecule has 7 heteroatoms. The number of hydrogen-bond donors (Lipinski definition) is 0. The van der Waals surface area contributed by atoms with E-state index >= 15 is 0 Å². The maximum absolute atomic E-state index is 13.8. The van der Waals surface area contributed by atoms with Crippen molar-refractivity contribution in [3.8, 4) is 11.4 Å².